The van der Waals surface area contributed by atoms with Crippen LogP contribution in [0.1, 0.15) is 39.5 Å². The summed E-state index contributed by atoms with van der Waals surface area (Å²) in [6, 6.07) is 0.404. The van der Waals surface area contributed by atoms with Crippen LogP contribution in [0.15, 0.2) is 0 Å². The second-order valence-corrected chi connectivity index (χ2v) is 5.39. The number of carbonyl (C=O) groups excluding carboxylic acids is 1. The van der Waals surface area contributed by atoms with E-state index in [0.717, 1.165) is 12.8 Å². The van der Waals surface area contributed by atoms with Gasteiger partial charge in [0, 0.05) is 12.1 Å². The molecule has 4 nitrogen and oxygen atoms in total. The van der Waals surface area contributed by atoms with E-state index in [4.69, 9.17) is 4.74 Å². The fraction of sp³-hybridized carbons (Fsp3) is 0.917. The molecule has 2 bridgehead atoms. The number of rotatable bonds is 2. The molecule has 0 saturated carbocycles. The lowest BCUT2D eigenvalue weighted by atomic mass is 10.0. The second-order valence-electron chi connectivity index (χ2n) is 5.39. The van der Waals surface area contributed by atoms with Crippen LogP contribution in [-0.4, -0.2) is 40.9 Å². The molecule has 3 atom stereocenters. The predicted octanol–water partition coefficient (Wildman–Crippen LogP) is 1.77. The van der Waals surface area contributed by atoms with Crippen molar-refractivity contribution in [2.24, 2.45) is 5.92 Å². The quantitative estimate of drug-likeness (QED) is 0.782. The first kappa shape index (κ1) is 11.7. The zero-order valence-corrected chi connectivity index (χ0v) is 10.1. The normalized spacial score (nSPS) is 33.2. The van der Waals surface area contributed by atoms with Crippen molar-refractivity contribution in [2.75, 3.05) is 6.61 Å². The van der Waals surface area contributed by atoms with E-state index in [2.05, 4.69) is 0 Å². The van der Waals surface area contributed by atoms with Gasteiger partial charge in [-0.05, 0) is 31.6 Å². The number of aliphatic hydroxyl groups excluding tert-OH is 1. The first-order valence-electron chi connectivity index (χ1n) is 6.21. The summed E-state index contributed by atoms with van der Waals surface area (Å²) >= 11 is 0. The molecule has 2 fully saturated rings. The Balaban J connectivity index is 1.92. The molecule has 16 heavy (non-hydrogen) atoms. The highest BCUT2D eigenvalue weighted by Gasteiger charge is 2.43. The molecule has 2 aliphatic heterocycles. The maximum Gasteiger partial charge on any atom is 0.410 e. The number of hydrogen-bond donors (Lipinski definition) is 1. The maximum atomic E-state index is 11.9. The van der Waals surface area contributed by atoms with Gasteiger partial charge in [-0.1, -0.05) is 13.8 Å². The summed E-state index contributed by atoms with van der Waals surface area (Å²) < 4.78 is 5.26. The predicted molar refractivity (Wildman–Crippen MR) is 60.1 cm³/mol. The van der Waals surface area contributed by atoms with Crippen molar-refractivity contribution >= 4 is 6.09 Å². The van der Waals surface area contributed by atoms with E-state index in [9.17, 15) is 9.90 Å². The van der Waals surface area contributed by atoms with E-state index in [1.54, 1.807) is 0 Å². The molecule has 0 spiro atoms. The van der Waals surface area contributed by atoms with Crippen LogP contribution in [-0.2, 0) is 4.74 Å². The summed E-state index contributed by atoms with van der Waals surface area (Å²) in [5.41, 5.74) is 0. The summed E-state index contributed by atoms with van der Waals surface area (Å²) in [4.78, 5) is 13.7. The number of aliphatic hydroxyl groups is 1. The fourth-order valence-corrected chi connectivity index (χ4v) is 2.76. The van der Waals surface area contributed by atoms with E-state index >= 15 is 0 Å². The summed E-state index contributed by atoms with van der Waals surface area (Å²) in [6.45, 7) is 4.54. The number of nitrogens with zero attached hydrogens (tertiary/aromatic N) is 1. The minimum Gasteiger partial charge on any atom is -0.449 e. The molecule has 1 N–H and O–H groups in total. The summed E-state index contributed by atoms with van der Waals surface area (Å²) in [5, 5.41) is 9.63. The lowest BCUT2D eigenvalue weighted by Crippen LogP contribution is -2.48. The minimum absolute atomic E-state index is 0.187. The number of amides is 1. The number of ether oxygens (including phenoxy) is 1. The van der Waals surface area contributed by atoms with Crippen molar-refractivity contribution in [3.05, 3.63) is 0 Å². The van der Waals surface area contributed by atoms with Crippen LogP contribution in [0.5, 0.6) is 0 Å². The van der Waals surface area contributed by atoms with Crippen molar-refractivity contribution < 1.29 is 14.6 Å². The smallest absolute Gasteiger partial charge is 0.410 e. The van der Waals surface area contributed by atoms with Gasteiger partial charge in [0.1, 0.15) is 0 Å². The first-order valence-corrected chi connectivity index (χ1v) is 6.21. The summed E-state index contributed by atoms with van der Waals surface area (Å²) in [6.07, 6.45) is 3.04. The third-order valence-electron chi connectivity index (χ3n) is 3.46. The van der Waals surface area contributed by atoms with Crippen molar-refractivity contribution in [1.82, 2.24) is 4.90 Å². The van der Waals surface area contributed by atoms with E-state index in [1.165, 1.54) is 0 Å². The maximum absolute atomic E-state index is 11.9. The van der Waals surface area contributed by atoms with Gasteiger partial charge in [-0.2, -0.15) is 0 Å². The van der Waals surface area contributed by atoms with Gasteiger partial charge in [-0.25, -0.2) is 4.79 Å². The van der Waals surface area contributed by atoms with E-state index in [1.807, 2.05) is 18.7 Å². The molecule has 0 aliphatic carbocycles. The topological polar surface area (TPSA) is 49.8 Å². The molecule has 2 saturated heterocycles. The van der Waals surface area contributed by atoms with Crippen molar-refractivity contribution in [3.8, 4) is 0 Å². The highest BCUT2D eigenvalue weighted by atomic mass is 16.6. The van der Waals surface area contributed by atoms with Gasteiger partial charge < -0.3 is 14.7 Å². The van der Waals surface area contributed by atoms with Crippen molar-refractivity contribution in [2.45, 2.75) is 57.7 Å². The second kappa shape index (κ2) is 4.62. The van der Waals surface area contributed by atoms with Crippen LogP contribution >= 0.6 is 0 Å². The minimum atomic E-state index is -0.230. The monoisotopic (exact) mass is 227 g/mol. The Labute approximate surface area is 96.6 Å². The Hall–Kier alpha value is -0.770. The van der Waals surface area contributed by atoms with Crippen LogP contribution < -0.4 is 0 Å². The number of hydrogen-bond acceptors (Lipinski definition) is 3. The molecule has 0 aromatic heterocycles. The molecule has 1 amide bonds. The van der Waals surface area contributed by atoms with Crippen molar-refractivity contribution in [1.29, 1.82) is 0 Å². The first-order chi connectivity index (χ1) is 7.58. The Morgan fingerprint density at radius 1 is 1.38 bits per heavy atom. The number of carbonyl (C=O) groups is 1. The number of piperidine rings is 1. The fourth-order valence-electron chi connectivity index (χ4n) is 2.76. The Kier molecular flexibility index (Phi) is 3.38. The Morgan fingerprint density at radius 3 is 2.44 bits per heavy atom. The molecule has 0 aromatic rings. The molecule has 2 heterocycles. The van der Waals surface area contributed by atoms with Gasteiger partial charge >= 0.3 is 6.09 Å². The lowest BCUT2D eigenvalue weighted by Gasteiger charge is -2.36. The molecule has 4 heteroatoms. The average molecular weight is 227 g/mol. The van der Waals surface area contributed by atoms with E-state index in [-0.39, 0.29) is 24.3 Å². The van der Waals surface area contributed by atoms with Gasteiger partial charge in [0.2, 0.25) is 0 Å². The van der Waals surface area contributed by atoms with E-state index in [0.29, 0.717) is 25.4 Å². The van der Waals surface area contributed by atoms with Gasteiger partial charge in [-0.3, -0.25) is 0 Å². The summed E-state index contributed by atoms with van der Waals surface area (Å²) in [5.74, 6) is 0.372. The highest BCUT2D eigenvalue weighted by Crippen LogP contribution is 2.36. The molecule has 2 aliphatic rings. The zero-order valence-electron chi connectivity index (χ0n) is 10.1. The van der Waals surface area contributed by atoms with Gasteiger partial charge in [-0.15, -0.1) is 0 Å². The third-order valence-corrected chi connectivity index (χ3v) is 3.46. The number of fused-ring (bicyclic) bond motifs is 2. The van der Waals surface area contributed by atoms with Crippen LogP contribution in [0.4, 0.5) is 4.79 Å². The van der Waals surface area contributed by atoms with Gasteiger partial charge in [0.15, 0.2) is 0 Å². The largest absolute Gasteiger partial charge is 0.449 e. The Bertz CT molecular complexity index is 253. The van der Waals surface area contributed by atoms with Gasteiger partial charge in [0.05, 0.1) is 12.7 Å². The molecule has 92 valence electrons. The van der Waals surface area contributed by atoms with Crippen LogP contribution in [0.25, 0.3) is 0 Å². The molecule has 0 radical (unpaired) electrons. The van der Waals surface area contributed by atoms with Crippen molar-refractivity contribution in [3.63, 3.8) is 0 Å². The molecular weight excluding hydrogens is 206 g/mol. The van der Waals surface area contributed by atoms with Gasteiger partial charge in [0.25, 0.3) is 0 Å². The van der Waals surface area contributed by atoms with Crippen LogP contribution in [0.3, 0.4) is 0 Å². The van der Waals surface area contributed by atoms with Crippen LogP contribution in [0.2, 0.25) is 0 Å². The summed E-state index contributed by atoms with van der Waals surface area (Å²) in [7, 11) is 0. The molecular formula is C12H21NO3. The van der Waals surface area contributed by atoms with Crippen LogP contribution in [0, 0.1) is 5.92 Å². The highest BCUT2D eigenvalue weighted by molar-refractivity contribution is 5.69. The zero-order chi connectivity index (χ0) is 11.7. The molecule has 2 rings (SSSR count). The van der Waals surface area contributed by atoms with E-state index < -0.39 is 0 Å². The molecule has 0 aromatic carbocycles. The standard InChI is InChI=1S/C12H21NO3/c1-8(2)7-16-12(15)13-9-3-4-10(13)6-11(14)5-9/h8-11,14H,3-7H2,1-2H3/t9-,10?,11?/m0/s1. The SMILES string of the molecule is CC(C)COC(=O)N1C2CC[C@H]1CC(O)C2. The molecule has 2 unspecified atom stereocenters. The average Bonchev–Trinajstić information content (AvgIpc) is 2.48. The Morgan fingerprint density at radius 2 is 1.94 bits per heavy atom. The third kappa shape index (κ3) is 2.32. The lowest BCUT2D eigenvalue weighted by molar-refractivity contribution is 0.0213.